The van der Waals surface area contributed by atoms with Gasteiger partial charge in [-0.3, -0.25) is 4.90 Å². The van der Waals surface area contributed by atoms with E-state index in [2.05, 4.69) is 20.3 Å². The highest BCUT2D eigenvalue weighted by Crippen LogP contribution is 2.37. The molecule has 0 spiro atoms. The number of nitrogens with zero attached hydrogens (tertiary/aromatic N) is 7. The molecule has 10 nitrogen and oxygen atoms in total. The van der Waals surface area contributed by atoms with Gasteiger partial charge in [0.05, 0.1) is 17.5 Å². The van der Waals surface area contributed by atoms with Crippen LogP contribution in [-0.4, -0.2) is 66.9 Å². The molecule has 3 aromatic heterocycles. The van der Waals surface area contributed by atoms with Gasteiger partial charge in [0.2, 0.25) is 0 Å². The first kappa shape index (κ1) is 23.7. The molecular formula is C25H25ClFN7O3. The second-order valence-electron chi connectivity index (χ2n) is 10.3. The summed E-state index contributed by atoms with van der Waals surface area (Å²) in [5.74, 6) is 0.0825. The van der Waals surface area contributed by atoms with E-state index in [1.807, 2.05) is 54.8 Å². The first-order valence-electron chi connectivity index (χ1n) is 12.1. The number of carbonyl (C=O) groups excluding carboxylic acids is 1. The quantitative estimate of drug-likeness (QED) is 0.358. The van der Waals surface area contributed by atoms with Crippen LogP contribution in [0.25, 0.3) is 21.9 Å². The zero-order valence-corrected chi connectivity index (χ0v) is 21.3. The van der Waals surface area contributed by atoms with E-state index in [9.17, 15) is 4.79 Å². The SMILES string of the molecule is CC(C)(C)OC(=O)N1C2CCC1CN(c1cc(On3nnc4ccccc43)c3cnc(Cl)c(F)c3n1)C2. The lowest BCUT2D eigenvalue weighted by molar-refractivity contribution is 0.0122. The van der Waals surface area contributed by atoms with Crippen molar-refractivity contribution in [3.8, 4) is 5.75 Å². The van der Waals surface area contributed by atoms with E-state index in [-0.39, 0.29) is 28.8 Å². The molecule has 0 radical (unpaired) electrons. The lowest BCUT2D eigenvalue weighted by Crippen LogP contribution is -2.57. The van der Waals surface area contributed by atoms with Gasteiger partial charge in [-0.25, -0.2) is 19.2 Å². The number of amides is 1. The van der Waals surface area contributed by atoms with E-state index in [4.69, 9.17) is 21.2 Å². The minimum absolute atomic E-state index is 0.0406. The Morgan fingerprint density at radius 2 is 1.89 bits per heavy atom. The zero-order chi connectivity index (χ0) is 25.9. The van der Waals surface area contributed by atoms with Gasteiger partial charge in [-0.2, -0.15) is 0 Å². The molecule has 1 amide bonds. The third kappa shape index (κ3) is 4.26. The molecule has 2 aliphatic heterocycles. The summed E-state index contributed by atoms with van der Waals surface area (Å²) in [6.07, 6.45) is 2.83. The number of para-hydroxylation sites is 1. The van der Waals surface area contributed by atoms with Gasteiger partial charge in [-0.15, -0.1) is 5.10 Å². The van der Waals surface area contributed by atoms with E-state index >= 15 is 4.39 Å². The summed E-state index contributed by atoms with van der Waals surface area (Å²) in [5, 5.41) is 8.28. The number of rotatable bonds is 3. The van der Waals surface area contributed by atoms with Crippen molar-refractivity contribution >= 4 is 45.4 Å². The Balaban J connectivity index is 1.36. The van der Waals surface area contributed by atoms with E-state index in [1.54, 1.807) is 6.07 Å². The van der Waals surface area contributed by atoms with Gasteiger partial charge in [-0.05, 0) is 51.0 Å². The Hall–Kier alpha value is -3.73. The number of carbonyl (C=O) groups is 1. The lowest BCUT2D eigenvalue weighted by Gasteiger charge is -2.41. The molecule has 4 aromatic rings. The second kappa shape index (κ2) is 8.69. The molecule has 192 valence electrons. The molecule has 2 fully saturated rings. The average molecular weight is 526 g/mol. The van der Waals surface area contributed by atoms with E-state index in [1.165, 1.54) is 11.0 Å². The maximum atomic E-state index is 15.1. The number of benzene rings is 1. The molecule has 0 N–H and O–H groups in total. The predicted molar refractivity (Wildman–Crippen MR) is 135 cm³/mol. The van der Waals surface area contributed by atoms with Crippen LogP contribution in [-0.2, 0) is 4.74 Å². The number of aromatic nitrogens is 5. The van der Waals surface area contributed by atoms with Gasteiger partial charge in [0, 0.05) is 25.4 Å². The topological polar surface area (TPSA) is 98.5 Å². The van der Waals surface area contributed by atoms with Crippen LogP contribution in [0, 0.1) is 5.82 Å². The molecule has 5 heterocycles. The van der Waals surface area contributed by atoms with Crippen molar-refractivity contribution in [3.05, 3.63) is 47.5 Å². The van der Waals surface area contributed by atoms with E-state index in [0.29, 0.717) is 41.1 Å². The van der Waals surface area contributed by atoms with Crippen molar-refractivity contribution in [2.45, 2.75) is 51.3 Å². The number of pyridine rings is 2. The fraction of sp³-hybridized carbons (Fsp3) is 0.400. The Bertz CT molecular complexity index is 1510. The third-order valence-electron chi connectivity index (χ3n) is 6.62. The normalized spacial score (nSPS) is 19.6. The average Bonchev–Trinajstić information content (AvgIpc) is 3.38. The van der Waals surface area contributed by atoms with Crippen LogP contribution in [0.4, 0.5) is 15.0 Å². The van der Waals surface area contributed by atoms with Crippen LogP contribution < -0.4 is 9.74 Å². The molecule has 0 aliphatic carbocycles. The monoisotopic (exact) mass is 525 g/mol. The third-order valence-corrected chi connectivity index (χ3v) is 6.88. The number of anilines is 1. The van der Waals surface area contributed by atoms with Gasteiger partial charge in [0.1, 0.15) is 28.0 Å². The van der Waals surface area contributed by atoms with Gasteiger partial charge in [0.15, 0.2) is 16.7 Å². The standard InChI is InChI=1S/C25H25ClFN7O3/c1-25(2,3)36-24(35)33-14-8-9-15(33)13-32(12-14)20-10-19(16-11-28-23(26)21(27)22(16)29-20)37-34-18-7-5-4-6-17(18)30-31-34/h4-7,10-11,14-15H,8-9,12-13H2,1-3H3. The summed E-state index contributed by atoms with van der Waals surface area (Å²) in [4.78, 5) is 32.7. The molecule has 2 saturated heterocycles. The van der Waals surface area contributed by atoms with E-state index < -0.39 is 11.4 Å². The Kier molecular flexibility index (Phi) is 5.55. The lowest BCUT2D eigenvalue weighted by atomic mass is 10.1. The summed E-state index contributed by atoms with van der Waals surface area (Å²) in [6.45, 7) is 6.63. The summed E-state index contributed by atoms with van der Waals surface area (Å²) in [6, 6.07) is 9.00. The number of halogens is 2. The van der Waals surface area contributed by atoms with Crippen molar-refractivity contribution in [2.75, 3.05) is 18.0 Å². The maximum absolute atomic E-state index is 15.1. The number of ether oxygens (including phenoxy) is 1. The van der Waals surface area contributed by atoms with Crippen molar-refractivity contribution in [1.82, 2.24) is 30.0 Å². The molecule has 0 saturated carbocycles. The number of piperazine rings is 1. The summed E-state index contributed by atoms with van der Waals surface area (Å²) >= 11 is 6.00. The van der Waals surface area contributed by atoms with Gasteiger partial charge < -0.3 is 14.5 Å². The molecule has 2 unspecified atom stereocenters. The smallest absolute Gasteiger partial charge is 0.410 e. The van der Waals surface area contributed by atoms with Crippen LogP contribution >= 0.6 is 11.6 Å². The van der Waals surface area contributed by atoms with E-state index in [0.717, 1.165) is 12.8 Å². The van der Waals surface area contributed by atoms with Crippen molar-refractivity contribution < 1.29 is 18.8 Å². The molecular weight excluding hydrogens is 501 g/mol. The largest absolute Gasteiger partial charge is 0.444 e. The predicted octanol–water partition coefficient (Wildman–Crippen LogP) is 4.60. The molecule has 1 aromatic carbocycles. The number of fused-ring (bicyclic) bond motifs is 4. The highest BCUT2D eigenvalue weighted by molar-refractivity contribution is 6.30. The fourth-order valence-electron chi connectivity index (χ4n) is 5.03. The minimum Gasteiger partial charge on any atom is -0.444 e. The summed E-state index contributed by atoms with van der Waals surface area (Å²) < 4.78 is 20.8. The second-order valence-corrected chi connectivity index (χ2v) is 10.7. The van der Waals surface area contributed by atoms with Crippen LogP contribution in [0.5, 0.6) is 5.75 Å². The highest BCUT2D eigenvalue weighted by atomic mass is 35.5. The number of hydrogen-bond donors (Lipinski definition) is 0. The Morgan fingerprint density at radius 3 is 2.62 bits per heavy atom. The summed E-state index contributed by atoms with van der Waals surface area (Å²) in [7, 11) is 0. The fourth-order valence-corrected chi connectivity index (χ4v) is 5.17. The van der Waals surface area contributed by atoms with Crippen molar-refractivity contribution in [3.63, 3.8) is 0 Å². The summed E-state index contributed by atoms with van der Waals surface area (Å²) in [5.41, 5.74) is 0.776. The van der Waals surface area contributed by atoms with Gasteiger partial charge in [0.25, 0.3) is 0 Å². The van der Waals surface area contributed by atoms with Crippen molar-refractivity contribution in [1.29, 1.82) is 0 Å². The van der Waals surface area contributed by atoms with Crippen LogP contribution in [0.1, 0.15) is 33.6 Å². The first-order chi connectivity index (χ1) is 17.7. The number of hydrogen-bond acceptors (Lipinski definition) is 8. The van der Waals surface area contributed by atoms with Gasteiger partial charge >= 0.3 is 6.09 Å². The molecule has 2 atom stereocenters. The highest BCUT2D eigenvalue weighted by Gasteiger charge is 2.44. The van der Waals surface area contributed by atoms with Crippen LogP contribution in [0.2, 0.25) is 5.15 Å². The van der Waals surface area contributed by atoms with Crippen LogP contribution in [0.15, 0.2) is 36.5 Å². The molecule has 12 heteroatoms. The molecule has 6 rings (SSSR count). The zero-order valence-electron chi connectivity index (χ0n) is 20.6. The molecule has 2 aliphatic rings. The molecule has 37 heavy (non-hydrogen) atoms. The molecule has 2 bridgehead atoms. The van der Waals surface area contributed by atoms with Crippen molar-refractivity contribution in [2.24, 2.45) is 0 Å². The van der Waals surface area contributed by atoms with Gasteiger partial charge in [-0.1, -0.05) is 28.6 Å². The maximum Gasteiger partial charge on any atom is 0.410 e. The first-order valence-corrected chi connectivity index (χ1v) is 12.5. The Labute approximate surface area is 216 Å². The minimum atomic E-state index is -0.732. The van der Waals surface area contributed by atoms with Crippen LogP contribution in [0.3, 0.4) is 0 Å². The Morgan fingerprint density at radius 1 is 1.16 bits per heavy atom.